The Morgan fingerprint density at radius 3 is 2.50 bits per heavy atom. The van der Waals surface area contributed by atoms with Crippen LogP contribution in [0.5, 0.6) is 0 Å². The van der Waals surface area contributed by atoms with Crippen molar-refractivity contribution in [2.24, 2.45) is 17.6 Å². The Balaban J connectivity index is 4.44. The molecular formula is C12H23N3O. The molecule has 4 heteroatoms. The standard InChI is InChI=1S/C12H23N3O/c1-4-6-11(8-14)12(16)15(5-2)9-10(3)7-13/h10-11H,4-6,8-9,14H2,1-3H3. The lowest BCUT2D eigenvalue weighted by atomic mass is 10.0. The highest BCUT2D eigenvalue weighted by atomic mass is 16.2. The molecule has 0 bridgehead atoms. The van der Waals surface area contributed by atoms with E-state index >= 15 is 0 Å². The van der Waals surface area contributed by atoms with Crippen LogP contribution in [0.2, 0.25) is 0 Å². The van der Waals surface area contributed by atoms with Crippen molar-refractivity contribution in [3.63, 3.8) is 0 Å². The molecular weight excluding hydrogens is 202 g/mol. The van der Waals surface area contributed by atoms with E-state index < -0.39 is 0 Å². The second kappa shape index (κ2) is 8.12. The van der Waals surface area contributed by atoms with Gasteiger partial charge in [-0.1, -0.05) is 13.3 Å². The van der Waals surface area contributed by atoms with E-state index in [1.807, 2.05) is 20.8 Å². The number of carbonyl (C=O) groups is 1. The Hall–Kier alpha value is -1.08. The smallest absolute Gasteiger partial charge is 0.226 e. The molecule has 2 unspecified atom stereocenters. The van der Waals surface area contributed by atoms with E-state index in [4.69, 9.17) is 11.0 Å². The third-order valence-corrected chi connectivity index (χ3v) is 2.68. The van der Waals surface area contributed by atoms with E-state index in [2.05, 4.69) is 6.07 Å². The van der Waals surface area contributed by atoms with Crippen molar-refractivity contribution in [3.05, 3.63) is 0 Å². The lowest BCUT2D eigenvalue weighted by Gasteiger charge is -2.26. The van der Waals surface area contributed by atoms with Crippen LogP contribution in [-0.4, -0.2) is 30.4 Å². The zero-order valence-corrected chi connectivity index (χ0v) is 10.6. The van der Waals surface area contributed by atoms with Crippen molar-refractivity contribution in [2.75, 3.05) is 19.6 Å². The summed E-state index contributed by atoms with van der Waals surface area (Å²) in [7, 11) is 0. The normalized spacial score (nSPS) is 13.9. The van der Waals surface area contributed by atoms with Gasteiger partial charge in [0, 0.05) is 19.6 Å². The summed E-state index contributed by atoms with van der Waals surface area (Å²) in [6, 6.07) is 2.15. The van der Waals surface area contributed by atoms with Crippen LogP contribution in [0.15, 0.2) is 0 Å². The summed E-state index contributed by atoms with van der Waals surface area (Å²) >= 11 is 0. The van der Waals surface area contributed by atoms with Crippen LogP contribution < -0.4 is 5.73 Å². The van der Waals surface area contributed by atoms with Crippen LogP contribution in [0, 0.1) is 23.2 Å². The van der Waals surface area contributed by atoms with Crippen molar-refractivity contribution in [1.82, 2.24) is 4.90 Å². The first-order valence-electron chi connectivity index (χ1n) is 5.99. The fraction of sp³-hybridized carbons (Fsp3) is 0.833. The Bertz CT molecular complexity index is 247. The number of rotatable bonds is 7. The second-order valence-corrected chi connectivity index (χ2v) is 4.13. The van der Waals surface area contributed by atoms with Gasteiger partial charge in [0.2, 0.25) is 5.91 Å². The van der Waals surface area contributed by atoms with Gasteiger partial charge >= 0.3 is 0 Å². The van der Waals surface area contributed by atoms with Gasteiger partial charge < -0.3 is 10.6 Å². The van der Waals surface area contributed by atoms with Crippen molar-refractivity contribution < 1.29 is 4.79 Å². The SMILES string of the molecule is CCCC(CN)C(=O)N(CC)CC(C)C#N. The summed E-state index contributed by atoms with van der Waals surface area (Å²) in [5.41, 5.74) is 5.60. The minimum atomic E-state index is -0.121. The number of hydrogen-bond donors (Lipinski definition) is 1. The zero-order chi connectivity index (χ0) is 12.6. The predicted molar refractivity (Wildman–Crippen MR) is 64.5 cm³/mol. The molecule has 4 nitrogen and oxygen atoms in total. The minimum absolute atomic E-state index is 0.0872. The largest absolute Gasteiger partial charge is 0.341 e. The number of amides is 1. The molecule has 0 heterocycles. The number of nitriles is 1. The van der Waals surface area contributed by atoms with E-state index in [1.165, 1.54) is 0 Å². The third-order valence-electron chi connectivity index (χ3n) is 2.68. The van der Waals surface area contributed by atoms with Crippen molar-refractivity contribution in [1.29, 1.82) is 5.26 Å². The Labute approximate surface area is 98.4 Å². The Kier molecular flexibility index (Phi) is 7.57. The van der Waals surface area contributed by atoms with Crippen LogP contribution >= 0.6 is 0 Å². The van der Waals surface area contributed by atoms with E-state index in [0.29, 0.717) is 19.6 Å². The zero-order valence-electron chi connectivity index (χ0n) is 10.6. The van der Waals surface area contributed by atoms with Crippen molar-refractivity contribution >= 4 is 5.91 Å². The van der Waals surface area contributed by atoms with Crippen molar-refractivity contribution in [2.45, 2.75) is 33.6 Å². The molecule has 0 saturated carbocycles. The summed E-state index contributed by atoms with van der Waals surface area (Å²) in [6.07, 6.45) is 1.78. The lowest BCUT2D eigenvalue weighted by molar-refractivity contribution is -0.135. The molecule has 0 aromatic heterocycles. The molecule has 1 amide bonds. The summed E-state index contributed by atoms with van der Waals surface area (Å²) in [5.74, 6) is -0.117. The summed E-state index contributed by atoms with van der Waals surface area (Å²) in [5, 5.41) is 8.75. The highest BCUT2D eigenvalue weighted by molar-refractivity contribution is 5.79. The van der Waals surface area contributed by atoms with Gasteiger partial charge in [-0.25, -0.2) is 0 Å². The number of nitrogens with two attached hydrogens (primary N) is 1. The third kappa shape index (κ3) is 4.63. The monoisotopic (exact) mass is 225 g/mol. The van der Waals surface area contributed by atoms with E-state index in [1.54, 1.807) is 4.90 Å². The van der Waals surface area contributed by atoms with E-state index in [-0.39, 0.29) is 17.7 Å². The van der Waals surface area contributed by atoms with Gasteiger partial charge in [0.25, 0.3) is 0 Å². The molecule has 0 aromatic carbocycles. The first-order valence-corrected chi connectivity index (χ1v) is 5.99. The molecule has 92 valence electrons. The molecule has 0 rings (SSSR count). The number of hydrogen-bond acceptors (Lipinski definition) is 3. The van der Waals surface area contributed by atoms with Gasteiger partial charge in [-0.15, -0.1) is 0 Å². The maximum atomic E-state index is 12.1. The number of carbonyl (C=O) groups excluding carboxylic acids is 1. The molecule has 0 saturated heterocycles. The minimum Gasteiger partial charge on any atom is -0.341 e. The van der Waals surface area contributed by atoms with Crippen LogP contribution in [0.25, 0.3) is 0 Å². The molecule has 16 heavy (non-hydrogen) atoms. The summed E-state index contributed by atoms with van der Waals surface area (Å²) in [6.45, 7) is 7.35. The lowest BCUT2D eigenvalue weighted by Crippen LogP contribution is -2.41. The van der Waals surface area contributed by atoms with Gasteiger partial charge in [-0.3, -0.25) is 4.79 Å². The summed E-state index contributed by atoms with van der Waals surface area (Å²) in [4.78, 5) is 13.8. The molecule has 2 atom stereocenters. The maximum absolute atomic E-state index is 12.1. The molecule has 2 N–H and O–H groups in total. The van der Waals surface area contributed by atoms with Crippen molar-refractivity contribution in [3.8, 4) is 6.07 Å². The average Bonchev–Trinajstić information content (AvgIpc) is 2.31. The molecule has 0 aliphatic carbocycles. The quantitative estimate of drug-likeness (QED) is 0.711. The van der Waals surface area contributed by atoms with Crippen LogP contribution in [0.3, 0.4) is 0 Å². The highest BCUT2D eigenvalue weighted by Crippen LogP contribution is 2.10. The average molecular weight is 225 g/mol. The highest BCUT2D eigenvalue weighted by Gasteiger charge is 2.22. The number of nitrogens with zero attached hydrogens (tertiary/aromatic N) is 2. The first-order chi connectivity index (χ1) is 7.60. The Morgan fingerprint density at radius 2 is 2.12 bits per heavy atom. The van der Waals surface area contributed by atoms with Gasteiger partial charge in [-0.2, -0.15) is 5.26 Å². The molecule has 0 fully saturated rings. The van der Waals surface area contributed by atoms with E-state index in [9.17, 15) is 4.79 Å². The fourth-order valence-electron chi connectivity index (χ4n) is 1.70. The predicted octanol–water partition coefficient (Wildman–Crippen LogP) is 1.37. The van der Waals surface area contributed by atoms with Gasteiger partial charge in [0.1, 0.15) is 0 Å². The second-order valence-electron chi connectivity index (χ2n) is 4.13. The van der Waals surface area contributed by atoms with Crippen LogP contribution in [0.1, 0.15) is 33.6 Å². The fourth-order valence-corrected chi connectivity index (χ4v) is 1.70. The van der Waals surface area contributed by atoms with Crippen LogP contribution in [0.4, 0.5) is 0 Å². The van der Waals surface area contributed by atoms with Gasteiger partial charge in [0.15, 0.2) is 0 Å². The molecule has 0 aliphatic heterocycles. The topological polar surface area (TPSA) is 70.1 Å². The summed E-state index contributed by atoms with van der Waals surface area (Å²) < 4.78 is 0. The van der Waals surface area contributed by atoms with E-state index in [0.717, 1.165) is 12.8 Å². The molecule has 0 spiro atoms. The maximum Gasteiger partial charge on any atom is 0.226 e. The molecule has 0 aliphatic rings. The van der Waals surface area contributed by atoms with Crippen LogP contribution in [-0.2, 0) is 4.79 Å². The van der Waals surface area contributed by atoms with Gasteiger partial charge in [-0.05, 0) is 20.3 Å². The van der Waals surface area contributed by atoms with Gasteiger partial charge in [0.05, 0.1) is 17.9 Å². The Morgan fingerprint density at radius 1 is 1.50 bits per heavy atom. The first kappa shape index (κ1) is 14.9. The molecule has 0 radical (unpaired) electrons. The molecule has 0 aromatic rings.